The van der Waals surface area contributed by atoms with E-state index < -0.39 is 8.35 Å². The van der Waals surface area contributed by atoms with Gasteiger partial charge in [0.05, 0.1) is 0 Å². The van der Waals surface area contributed by atoms with Crippen molar-refractivity contribution >= 4 is 19.4 Å². The van der Waals surface area contributed by atoms with Crippen LogP contribution in [-0.4, -0.2) is 15.0 Å². The molecule has 3 heteroatoms. The molecule has 0 saturated carbocycles. The summed E-state index contributed by atoms with van der Waals surface area (Å²) in [5.41, 5.74) is 0. The molecule has 1 nitrogen and oxygen atoms in total. The lowest BCUT2D eigenvalue weighted by Gasteiger charge is -2.05. The van der Waals surface area contributed by atoms with Gasteiger partial charge in [0.2, 0.25) is 0 Å². The number of rotatable bonds is 6. The molecule has 0 aromatic carbocycles. The highest BCUT2D eigenvalue weighted by molar-refractivity contribution is 7.03. The molecule has 0 saturated heterocycles. The highest BCUT2D eigenvalue weighted by Gasteiger charge is 2.06. The van der Waals surface area contributed by atoms with E-state index in [1.54, 1.807) is 0 Å². The summed E-state index contributed by atoms with van der Waals surface area (Å²) in [6, 6.07) is 1.07. The summed E-state index contributed by atoms with van der Waals surface area (Å²) in [4.78, 5) is 0. The molecule has 1 radical (unpaired) electrons. The van der Waals surface area contributed by atoms with Crippen molar-refractivity contribution in [2.24, 2.45) is 0 Å². The van der Waals surface area contributed by atoms with E-state index in [9.17, 15) is 0 Å². The minimum absolute atomic E-state index is 0.855. The average molecular weight is 180 g/mol. The molecule has 0 atom stereocenters. The zero-order chi connectivity index (χ0) is 7.82. The van der Waals surface area contributed by atoms with Gasteiger partial charge in [-0.25, -0.2) is 0 Å². The van der Waals surface area contributed by atoms with Crippen LogP contribution in [0.5, 0.6) is 0 Å². The van der Waals surface area contributed by atoms with E-state index in [-0.39, 0.29) is 0 Å². The van der Waals surface area contributed by atoms with E-state index >= 15 is 0 Å². The Balaban J connectivity index is 2.97. The minimum Gasteiger partial charge on any atom is -0.403 e. The Labute approximate surface area is 70.2 Å². The SMILES string of the molecule is CCCCO[Si](Cl)CCC. The summed E-state index contributed by atoms with van der Waals surface area (Å²) in [5.74, 6) is 0. The average Bonchev–Trinajstić information content (AvgIpc) is 1.89. The van der Waals surface area contributed by atoms with Crippen LogP contribution in [0.3, 0.4) is 0 Å². The predicted molar refractivity (Wildman–Crippen MR) is 47.6 cm³/mol. The molecule has 0 aliphatic carbocycles. The molecule has 0 aromatic rings. The molecule has 0 rings (SSSR count). The summed E-state index contributed by atoms with van der Waals surface area (Å²) in [7, 11) is -0.941. The number of hydrogen-bond donors (Lipinski definition) is 0. The zero-order valence-electron chi connectivity index (χ0n) is 6.82. The maximum Gasteiger partial charge on any atom is 0.323 e. The fourth-order valence-corrected chi connectivity index (χ4v) is 2.30. The van der Waals surface area contributed by atoms with Gasteiger partial charge in [-0.1, -0.05) is 26.7 Å². The first-order valence-corrected chi connectivity index (χ1v) is 6.58. The van der Waals surface area contributed by atoms with Crippen molar-refractivity contribution in [1.29, 1.82) is 0 Å². The van der Waals surface area contributed by atoms with E-state index in [0.717, 1.165) is 25.5 Å². The lowest BCUT2D eigenvalue weighted by molar-refractivity contribution is 0.320. The van der Waals surface area contributed by atoms with Crippen LogP contribution in [0.2, 0.25) is 6.04 Å². The third-order valence-corrected chi connectivity index (χ3v) is 3.51. The molecule has 61 valence electrons. The number of halogens is 1. The highest BCUT2D eigenvalue weighted by atomic mass is 35.6. The molecule has 0 aromatic heterocycles. The van der Waals surface area contributed by atoms with Crippen molar-refractivity contribution in [3.8, 4) is 0 Å². The second-order valence-electron chi connectivity index (χ2n) is 2.31. The van der Waals surface area contributed by atoms with Crippen LogP contribution >= 0.6 is 11.1 Å². The summed E-state index contributed by atoms with van der Waals surface area (Å²) >= 11 is 5.90. The van der Waals surface area contributed by atoms with Gasteiger partial charge in [0.25, 0.3) is 0 Å². The van der Waals surface area contributed by atoms with Crippen molar-refractivity contribution in [3.63, 3.8) is 0 Å². The van der Waals surface area contributed by atoms with Crippen LogP contribution in [0.1, 0.15) is 33.1 Å². The van der Waals surface area contributed by atoms with Gasteiger partial charge in [0.1, 0.15) is 0 Å². The Morgan fingerprint density at radius 3 is 2.50 bits per heavy atom. The predicted octanol–water partition coefficient (Wildman–Crippen LogP) is 2.94. The second-order valence-corrected chi connectivity index (χ2v) is 5.07. The fourth-order valence-electron chi connectivity index (χ4n) is 0.596. The Morgan fingerprint density at radius 2 is 2.00 bits per heavy atom. The van der Waals surface area contributed by atoms with Gasteiger partial charge in [-0.05, 0) is 12.5 Å². The Morgan fingerprint density at radius 1 is 1.30 bits per heavy atom. The third kappa shape index (κ3) is 6.58. The summed E-state index contributed by atoms with van der Waals surface area (Å²) < 4.78 is 5.39. The first-order valence-electron chi connectivity index (χ1n) is 3.95. The quantitative estimate of drug-likeness (QED) is 0.346. The molecular formula is C7H16ClOSi. The van der Waals surface area contributed by atoms with E-state index in [0.29, 0.717) is 0 Å². The summed E-state index contributed by atoms with van der Waals surface area (Å²) in [5, 5.41) is 0. The molecule has 10 heavy (non-hydrogen) atoms. The molecule has 0 aliphatic rings. The lowest BCUT2D eigenvalue weighted by atomic mass is 10.4. The van der Waals surface area contributed by atoms with Gasteiger partial charge >= 0.3 is 8.35 Å². The second kappa shape index (κ2) is 7.57. The van der Waals surface area contributed by atoms with Gasteiger partial charge < -0.3 is 4.43 Å². The van der Waals surface area contributed by atoms with Crippen LogP contribution in [0.15, 0.2) is 0 Å². The molecule has 0 fully saturated rings. The van der Waals surface area contributed by atoms with Crippen molar-refractivity contribution in [3.05, 3.63) is 0 Å². The first-order chi connectivity index (χ1) is 4.81. The zero-order valence-corrected chi connectivity index (χ0v) is 8.58. The molecule has 0 amide bonds. The van der Waals surface area contributed by atoms with Crippen LogP contribution in [0, 0.1) is 0 Å². The molecule has 0 bridgehead atoms. The summed E-state index contributed by atoms with van der Waals surface area (Å²) in [6.07, 6.45) is 3.48. The van der Waals surface area contributed by atoms with E-state index in [4.69, 9.17) is 15.5 Å². The first kappa shape index (κ1) is 10.5. The lowest BCUT2D eigenvalue weighted by Crippen LogP contribution is -2.10. The van der Waals surface area contributed by atoms with Crippen molar-refractivity contribution in [2.75, 3.05) is 6.61 Å². The Bertz CT molecular complexity index is 70.6. The maximum atomic E-state index is 5.90. The topological polar surface area (TPSA) is 9.23 Å². The number of unbranched alkanes of at least 4 members (excludes halogenated alkanes) is 1. The normalized spacial score (nSPS) is 10.8. The monoisotopic (exact) mass is 179 g/mol. The van der Waals surface area contributed by atoms with Gasteiger partial charge in [-0.3, -0.25) is 0 Å². The standard InChI is InChI=1S/C7H16ClOSi/c1-3-5-6-9-10(8)7-4-2/h3-7H2,1-2H3. The number of hydrogen-bond acceptors (Lipinski definition) is 1. The largest absolute Gasteiger partial charge is 0.403 e. The molecular weight excluding hydrogens is 164 g/mol. The molecule has 0 unspecified atom stereocenters. The van der Waals surface area contributed by atoms with Crippen LogP contribution in [-0.2, 0) is 4.43 Å². The smallest absolute Gasteiger partial charge is 0.323 e. The molecule has 0 spiro atoms. The fraction of sp³-hybridized carbons (Fsp3) is 1.00. The van der Waals surface area contributed by atoms with E-state index in [1.807, 2.05) is 0 Å². The minimum atomic E-state index is -0.941. The van der Waals surface area contributed by atoms with Crippen molar-refractivity contribution in [1.82, 2.24) is 0 Å². The molecule has 0 heterocycles. The maximum absolute atomic E-state index is 5.90. The third-order valence-electron chi connectivity index (χ3n) is 1.20. The van der Waals surface area contributed by atoms with E-state index in [2.05, 4.69) is 13.8 Å². The van der Waals surface area contributed by atoms with Crippen molar-refractivity contribution in [2.45, 2.75) is 39.2 Å². The van der Waals surface area contributed by atoms with Crippen molar-refractivity contribution < 1.29 is 4.43 Å². The molecule has 0 aliphatic heterocycles. The van der Waals surface area contributed by atoms with Gasteiger partial charge in [-0.2, -0.15) is 0 Å². The van der Waals surface area contributed by atoms with E-state index in [1.165, 1.54) is 6.42 Å². The summed E-state index contributed by atoms with van der Waals surface area (Å²) in [6.45, 7) is 5.15. The Hall–Kier alpha value is 0.467. The van der Waals surface area contributed by atoms with Gasteiger partial charge in [0.15, 0.2) is 0 Å². The van der Waals surface area contributed by atoms with Crippen LogP contribution < -0.4 is 0 Å². The van der Waals surface area contributed by atoms with Crippen LogP contribution in [0.4, 0.5) is 0 Å². The molecule has 0 N–H and O–H groups in total. The van der Waals surface area contributed by atoms with Crippen LogP contribution in [0.25, 0.3) is 0 Å². The Kier molecular flexibility index (Phi) is 7.93. The van der Waals surface area contributed by atoms with Gasteiger partial charge in [0, 0.05) is 6.61 Å². The van der Waals surface area contributed by atoms with Gasteiger partial charge in [-0.15, -0.1) is 11.1 Å². The highest BCUT2D eigenvalue weighted by Crippen LogP contribution is 2.03.